The van der Waals surface area contributed by atoms with Crippen LogP contribution >= 0.6 is 0 Å². The lowest BCUT2D eigenvalue weighted by Crippen LogP contribution is -2.26. The van der Waals surface area contributed by atoms with Gasteiger partial charge in [-0.1, -0.05) is 31.0 Å². The Morgan fingerprint density at radius 2 is 1.93 bits per heavy atom. The van der Waals surface area contributed by atoms with E-state index in [1.54, 1.807) is 0 Å². The second-order valence-corrected chi connectivity index (χ2v) is 3.88. The second-order valence-electron chi connectivity index (χ2n) is 3.88. The molecule has 0 aliphatic rings. The van der Waals surface area contributed by atoms with Gasteiger partial charge in [-0.25, -0.2) is 0 Å². The molecule has 15 heavy (non-hydrogen) atoms. The highest BCUT2D eigenvalue weighted by atomic mass is 14.9. The molecule has 1 unspecified atom stereocenters. The van der Waals surface area contributed by atoms with Crippen molar-refractivity contribution in [1.82, 2.24) is 5.32 Å². The van der Waals surface area contributed by atoms with Gasteiger partial charge in [-0.3, -0.25) is 5.32 Å². The van der Waals surface area contributed by atoms with E-state index in [2.05, 4.69) is 50.2 Å². The van der Waals surface area contributed by atoms with Gasteiger partial charge in [-0.2, -0.15) is 0 Å². The SMILES string of the molecule is C#CC(CC)NCc1c(C)cccc1C. The topological polar surface area (TPSA) is 12.0 Å². The van der Waals surface area contributed by atoms with Crippen molar-refractivity contribution in [2.45, 2.75) is 39.8 Å². The van der Waals surface area contributed by atoms with E-state index in [0.29, 0.717) is 0 Å². The first kappa shape index (κ1) is 11.8. The van der Waals surface area contributed by atoms with Crippen molar-refractivity contribution >= 4 is 0 Å². The molecule has 0 aliphatic heterocycles. The number of terminal acetylenes is 1. The average Bonchev–Trinajstić information content (AvgIpc) is 2.23. The van der Waals surface area contributed by atoms with Crippen molar-refractivity contribution in [3.63, 3.8) is 0 Å². The molecule has 1 aromatic rings. The lowest BCUT2D eigenvalue weighted by atomic mass is 10.0. The summed E-state index contributed by atoms with van der Waals surface area (Å²) in [5, 5.41) is 3.38. The van der Waals surface area contributed by atoms with Gasteiger partial charge in [-0.05, 0) is 37.0 Å². The highest BCUT2D eigenvalue weighted by Gasteiger charge is 2.04. The molecule has 0 spiro atoms. The van der Waals surface area contributed by atoms with Crippen molar-refractivity contribution in [2.24, 2.45) is 0 Å². The van der Waals surface area contributed by atoms with Crippen LogP contribution in [0.3, 0.4) is 0 Å². The molecule has 0 fully saturated rings. The molecule has 0 heterocycles. The van der Waals surface area contributed by atoms with Crippen molar-refractivity contribution in [1.29, 1.82) is 0 Å². The van der Waals surface area contributed by atoms with Gasteiger partial charge in [0.2, 0.25) is 0 Å². The summed E-state index contributed by atoms with van der Waals surface area (Å²) < 4.78 is 0. The van der Waals surface area contributed by atoms with Gasteiger partial charge < -0.3 is 0 Å². The summed E-state index contributed by atoms with van der Waals surface area (Å²) in [6.07, 6.45) is 6.38. The van der Waals surface area contributed by atoms with Gasteiger partial charge in [0.1, 0.15) is 0 Å². The van der Waals surface area contributed by atoms with Crippen LogP contribution in [-0.4, -0.2) is 6.04 Å². The molecule has 0 aliphatic carbocycles. The van der Waals surface area contributed by atoms with Gasteiger partial charge >= 0.3 is 0 Å². The molecule has 1 N–H and O–H groups in total. The van der Waals surface area contributed by atoms with Crippen LogP contribution in [0.25, 0.3) is 0 Å². The normalized spacial score (nSPS) is 12.1. The third kappa shape index (κ3) is 3.11. The van der Waals surface area contributed by atoms with Gasteiger partial charge in [0.05, 0.1) is 6.04 Å². The largest absolute Gasteiger partial charge is 0.300 e. The molecular formula is C14H19N. The first-order valence-corrected chi connectivity index (χ1v) is 5.43. The summed E-state index contributed by atoms with van der Waals surface area (Å²) in [6.45, 7) is 7.24. The lowest BCUT2D eigenvalue weighted by Gasteiger charge is -2.14. The molecule has 80 valence electrons. The van der Waals surface area contributed by atoms with Crippen LogP contribution in [0, 0.1) is 26.2 Å². The Labute approximate surface area is 92.9 Å². The minimum atomic E-state index is 0.184. The van der Waals surface area contributed by atoms with Crippen molar-refractivity contribution in [3.8, 4) is 12.3 Å². The molecule has 1 aromatic carbocycles. The van der Waals surface area contributed by atoms with Crippen molar-refractivity contribution in [2.75, 3.05) is 0 Å². The maximum Gasteiger partial charge on any atom is 0.0686 e. The maximum absolute atomic E-state index is 5.41. The van der Waals surface area contributed by atoms with Crippen molar-refractivity contribution < 1.29 is 0 Å². The number of nitrogens with one attached hydrogen (secondary N) is 1. The first-order chi connectivity index (χ1) is 7.19. The first-order valence-electron chi connectivity index (χ1n) is 5.43. The predicted octanol–water partition coefficient (Wildman–Crippen LogP) is 2.80. The van der Waals surface area contributed by atoms with Crippen molar-refractivity contribution in [3.05, 3.63) is 34.9 Å². The van der Waals surface area contributed by atoms with E-state index in [1.165, 1.54) is 16.7 Å². The zero-order valence-corrected chi connectivity index (χ0v) is 9.80. The van der Waals surface area contributed by atoms with E-state index in [-0.39, 0.29) is 6.04 Å². The summed E-state index contributed by atoms with van der Waals surface area (Å²) in [4.78, 5) is 0. The molecule has 1 heteroatoms. The van der Waals surface area contributed by atoms with Crippen LogP contribution in [0.15, 0.2) is 18.2 Å². The van der Waals surface area contributed by atoms with Crippen LogP contribution in [-0.2, 0) is 6.54 Å². The molecule has 0 amide bonds. The standard InChI is InChI=1S/C14H19N/c1-5-13(6-2)15-10-14-11(3)8-7-9-12(14)4/h1,7-9,13,15H,6,10H2,2-4H3. The van der Waals surface area contributed by atoms with E-state index in [1.807, 2.05) is 0 Å². The Morgan fingerprint density at radius 3 is 2.40 bits per heavy atom. The molecule has 0 aromatic heterocycles. The molecule has 0 radical (unpaired) electrons. The Hall–Kier alpha value is -1.26. The molecule has 0 saturated heterocycles. The maximum atomic E-state index is 5.41. The second kappa shape index (κ2) is 5.58. The number of hydrogen-bond donors (Lipinski definition) is 1. The van der Waals surface area contributed by atoms with Crippen LogP contribution in [0.2, 0.25) is 0 Å². The minimum absolute atomic E-state index is 0.184. The number of aryl methyl sites for hydroxylation is 2. The van der Waals surface area contributed by atoms with Crippen LogP contribution in [0.4, 0.5) is 0 Å². The van der Waals surface area contributed by atoms with E-state index < -0.39 is 0 Å². The fraction of sp³-hybridized carbons (Fsp3) is 0.429. The van der Waals surface area contributed by atoms with Gasteiger partial charge in [0.25, 0.3) is 0 Å². The molecular weight excluding hydrogens is 182 g/mol. The third-order valence-electron chi connectivity index (χ3n) is 2.78. The average molecular weight is 201 g/mol. The molecule has 0 bridgehead atoms. The van der Waals surface area contributed by atoms with E-state index in [9.17, 15) is 0 Å². The summed E-state index contributed by atoms with van der Waals surface area (Å²) in [5.74, 6) is 2.75. The van der Waals surface area contributed by atoms with E-state index in [0.717, 1.165) is 13.0 Å². The Bertz CT molecular complexity index is 340. The van der Waals surface area contributed by atoms with E-state index in [4.69, 9.17) is 6.42 Å². The summed E-state index contributed by atoms with van der Waals surface area (Å²) in [6, 6.07) is 6.55. The number of rotatable bonds is 4. The molecule has 1 atom stereocenters. The summed E-state index contributed by atoms with van der Waals surface area (Å²) >= 11 is 0. The molecule has 0 saturated carbocycles. The highest BCUT2D eigenvalue weighted by Crippen LogP contribution is 2.13. The van der Waals surface area contributed by atoms with Gasteiger partial charge in [-0.15, -0.1) is 6.42 Å². The third-order valence-corrected chi connectivity index (χ3v) is 2.78. The summed E-state index contributed by atoms with van der Waals surface area (Å²) in [5.41, 5.74) is 4.02. The molecule has 1 rings (SSSR count). The fourth-order valence-electron chi connectivity index (χ4n) is 1.67. The predicted molar refractivity (Wildman–Crippen MR) is 65.7 cm³/mol. The fourth-order valence-corrected chi connectivity index (χ4v) is 1.67. The lowest BCUT2D eigenvalue weighted by molar-refractivity contribution is 0.590. The zero-order valence-electron chi connectivity index (χ0n) is 9.80. The minimum Gasteiger partial charge on any atom is -0.300 e. The van der Waals surface area contributed by atoms with Gasteiger partial charge in [0, 0.05) is 6.54 Å². The number of benzene rings is 1. The summed E-state index contributed by atoms with van der Waals surface area (Å²) in [7, 11) is 0. The Kier molecular flexibility index (Phi) is 4.39. The Morgan fingerprint density at radius 1 is 1.33 bits per heavy atom. The quantitative estimate of drug-likeness (QED) is 0.739. The van der Waals surface area contributed by atoms with Gasteiger partial charge in [0.15, 0.2) is 0 Å². The zero-order chi connectivity index (χ0) is 11.3. The van der Waals surface area contributed by atoms with Crippen LogP contribution < -0.4 is 5.32 Å². The van der Waals surface area contributed by atoms with Crippen LogP contribution in [0.1, 0.15) is 30.0 Å². The van der Waals surface area contributed by atoms with Crippen LogP contribution in [0.5, 0.6) is 0 Å². The van der Waals surface area contributed by atoms with E-state index >= 15 is 0 Å². The monoisotopic (exact) mass is 201 g/mol. The highest BCUT2D eigenvalue weighted by molar-refractivity contribution is 5.33. The molecule has 1 nitrogen and oxygen atoms in total. The number of hydrogen-bond acceptors (Lipinski definition) is 1. The Balaban J connectivity index is 2.69. The smallest absolute Gasteiger partial charge is 0.0686 e.